The number of piperidine rings is 1. The van der Waals surface area contributed by atoms with Crippen LogP contribution in [0.1, 0.15) is 34.9 Å². The van der Waals surface area contributed by atoms with E-state index < -0.39 is 0 Å². The molecule has 0 saturated carbocycles. The van der Waals surface area contributed by atoms with Crippen molar-refractivity contribution in [2.45, 2.75) is 25.4 Å². The molecule has 2 aromatic rings. The number of benzene rings is 1. The summed E-state index contributed by atoms with van der Waals surface area (Å²) in [7, 11) is 3.41. The molecule has 3 rings (SSSR count). The molecule has 25 heavy (non-hydrogen) atoms. The zero-order chi connectivity index (χ0) is 16.9. The maximum Gasteiger partial charge on any atom is 0.276 e. The first kappa shape index (κ1) is 19.2. The minimum absolute atomic E-state index is 0. The molecule has 0 atom stereocenters. The second-order valence-corrected chi connectivity index (χ2v) is 6.07. The number of carbonyl (C=O) groups excluding carboxylic acids is 1. The van der Waals surface area contributed by atoms with Gasteiger partial charge in [0.1, 0.15) is 5.75 Å². The Morgan fingerprint density at radius 2 is 2.00 bits per heavy atom. The summed E-state index contributed by atoms with van der Waals surface area (Å²) in [5, 5.41) is 11.5. The second-order valence-electron chi connectivity index (χ2n) is 6.07. The van der Waals surface area contributed by atoms with Crippen LogP contribution in [0.5, 0.6) is 5.75 Å². The average molecular weight is 366 g/mol. The molecule has 1 N–H and O–H groups in total. The summed E-state index contributed by atoms with van der Waals surface area (Å²) in [5.74, 6) is 0.684. The highest BCUT2D eigenvalue weighted by atomic mass is 35.5. The first-order chi connectivity index (χ1) is 11.7. The van der Waals surface area contributed by atoms with E-state index in [1.807, 2.05) is 28.9 Å². The Kier molecular flexibility index (Phi) is 6.78. The second kappa shape index (κ2) is 8.82. The molecule has 1 aliphatic rings. The zero-order valence-electron chi connectivity index (χ0n) is 14.5. The predicted molar refractivity (Wildman–Crippen MR) is 97.2 cm³/mol. The fourth-order valence-electron chi connectivity index (χ4n) is 2.90. The molecular formula is C17H24ClN5O2. The molecule has 2 heterocycles. The van der Waals surface area contributed by atoms with E-state index in [-0.39, 0.29) is 18.3 Å². The SMILES string of the molecule is COc1ccc(CN(C)C(=O)c2cn(C3CCNCC3)nn2)cc1.Cl. The summed E-state index contributed by atoms with van der Waals surface area (Å²) >= 11 is 0. The Morgan fingerprint density at radius 3 is 2.64 bits per heavy atom. The molecule has 0 aliphatic carbocycles. The summed E-state index contributed by atoms with van der Waals surface area (Å²) in [6.07, 6.45) is 3.79. The van der Waals surface area contributed by atoms with Crippen molar-refractivity contribution in [2.75, 3.05) is 27.2 Å². The Hall–Kier alpha value is -2.12. The van der Waals surface area contributed by atoms with Crippen LogP contribution in [0, 0.1) is 0 Å². The molecule has 1 amide bonds. The molecule has 1 aliphatic heterocycles. The summed E-state index contributed by atoms with van der Waals surface area (Å²) in [6.45, 7) is 2.47. The average Bonchev–Trinajstić information content (AvgIpc) is 3.12. The van der Waals surface area contributed by atoms with Crippen molar-refractivity contribution in [3.8, 4) is 5.75 Å². The van der Waals surface area contributed by atoms with Gasteiger partial charge in [0.25, 0.3) is 5.91 Å². The van der Waals surface area contributed by atoms with Crippen LogP contribution in [-0.4, -0.2) is 53.0 Å². The highest BCUT2D eigenvalue weighted by Gasteiger charge is 2.20. The molecule has 7 nitrogen and oxygen atoms in total. The lowest BCUT2D eigenvalue weighted by molar-refractivity contribution is 0.0779. The van der Waals surface area contributed by atoms with Crippen LogP contribution < -0.4 is 10.1 Å². The quantitative estimate of drug-likeness (QED) is 0.876. The molecule has 1 aromatic carbocycles. The molecule has 136 valence electrons. The maximum atomic E-state index is 12.5. The standard InChI is InChI=1S/C17H23N5O2.ClH/c1-21(11-13-3-5-15(24-2)6-4-13)17(23)16-12-22(20-19-16)14-7-9-18-10-8-14;/h3-6,12,14,18H,7-11H2,1-2H3;1H. The van der Waals surface area contributed by atoms with E-state index >= 15 is 0 Å². The highest BCUT2D eigenvalue weighted by Crippen LogP contribution is 2.18. The number of aromatic nitrogens is 3. The topological polar surface area (TPSA) is 72.3 Å². The summed E-state index contributed by atoms with van der Waals surface area (Å²) in [4.78, 5) is 14.2. The Balaban J connectivity index is 0.00000225. The first-order valence-electron chi connectivity index (χ1n) is 8.18. The fraction of sp³-hybridized carbons (Fsp3) is 0.471. The van der Waals surface area contributed by atoms with Crippen LogP contribution in [0.25, 0.3) is 0 Å². The largest absolute Gasteiger partial charge is 0.497 e. The number of methoxy groups -OCH3 is 1. The molecule has 0 bridgehead atoms. The molecule has 0 spiro atoms. The number of amides is 1. The Labute approximate surface area is 153 Å². The minimum atomic E-state index is -0.119. The van der Waals surface area contributed by atoms with Crippen molar-refractivity contribution in [3.05, 3.63) is 41.7 Å². The number of carbonyl (C=O) groups is 1. The third-order valence-corrected chi connectivity index (χ3v) is 4.34. The van der Waals surface area contributed by atoms with Gasteiger partial charge in [0.2, 0.25) is 0 Å². The number of nitrogens with one attached hydrogen (secondary N) is 1. The number of nitrogens with zero attached hydrogens (tertiary/aromatic N) is 4. The van der Waals surface area contributed by atoms with E-state index in [0.717, 1.165) is 37.2 Å². The van der Waals surface area contributed by atoms with Crippen molar-refractivity contribution < 1.29 is 9.53 Å². The normalized spacial score (nSPS) is 14.6. The van der Waals surface area contributed by atoms with E-state index in [2.05, 4.69) is 15.6 Å². The third kappa shape index (κ3) is 4.70. The van der Waals surface area contributed by atoms with E-state index in [1.54, 1.807) is 25.3 Å². The number of rotatable bonds is 5. The van der Waals surface area contributed by atoms with Gasteiger partial charge in [-0.25, -0.2) is 4.68 Å². The van der Waals surface area contributed by atoms with Crippen LogP contribution in [-0.2, 0) is 6.54 Å². The highest BCUT2D eigenvalue weighted by molar-refractivity contribution is 5.91. The molecule has 0 unspecified atom stereocenters. The number of halogens is 1. The lowest BCUT2D eigenvalue weighted by Crippen LogP contribution is -2.29. The van der Waals surface area contributed by atoms with E-state index in [1.165, 1.54) is 0 Å². The monoisotopic (exact) mass is 365 g/mol. The predicted octanol–water partition coefficient (Wildman–Crippen LogP) is 1.91. The van der Waals surface area contributed by atoms with Gasteiger partial charge in [0.05, 0.1) is 19.3 Å². The maximum absolute atomic E-state index is 12.5. The minimum Gasteiger partial charge on any atom is -0.497 e. The van der Waals surface area contributed by atoms with Gasteiger partial charge in [-0.15, -0.1) is 17.5 Å². The van der Waals surface area contributed by atoms with Crippen molar-refractivity contribution in [1.29, 1.82) is 0 Å². The van der Waals surface area contributed by atoms with Gasteiger partial charge < -0.3 is 15.0 Å². The molecule has 1 fully saturated rings. The number of hydrogen-bond acceptors (Lipinski definition) is 5. The Bertz CT molecular complexity index is 683. The van der Waals surface area contributed by atoms with Crippen LogP contribution in [0.2, 0.25) is 0 Å². The van der Waals surface area contributed by atoms with Crippen LogP contribution >= 0.6 is 12.4 Å². The van der Waals surface area contributed by atoms with Gasteiger partial charge in [-0.05, 0) is 43.6 Å². The first-order valence-corrected chi connectivity index (χ1v) is 8.18. The summed E-state index contributed by atoms with van der Waals surface area (Å²) in [5.41, 5.74) is 1.43. The molecule has 1 saturated heterocycles. The van der Waals surface area contributed by atoms with E-state index in [9.17, 15) is 4.79 Å². The fourth-order valence-corrected chi connectivity index (χ4v) is 2.90. The van der Waals surface area contributed by atoms with E-state index in [4.69, 9.17) is 4.74 Å². The zero-order valence-corrected chi connectivity index (χ0v) is 15.3. The van der Waals surface area contributed by atoms with E-state index in [0.29, 0.717) is 18.3 Å². The summed E-state index contributed by atoms with van der Waals surface area (Å²) in [6, 6.07) is 8.01. The van der Waals surface area contributed by atoms with Crippen LogP contribution in [0.3, 0.4) is 0 Å². The molecule has 1 aromatic heterocycles. The van der Waals surface area contributed by atoms with Crippen molar-refractivity contribution in [3.63, 3.8) is 0 Å². The van der Waals surface area contributed by atoms with Gasteiger partial charge in [0, 0.05) is 13.6 Å². The smallest absolute Gasteiger partial charge is 0.276 e. The van der Waals surface area contributed by atoms with Crippen molar-refractivity contribution >= 4 is 18.3 Å². The van der Waals surface area contributed by atoms with Crippen molar-refractivity contribution in [1.82, 2.24) is 25.2 Å². The van der Waals surface area contributed by atoms with Gasteiger partial charge in [-0.3, -0.25) is 4.79 Å². The van der Waals surface area contributed by atoms with Gasteiger partial charge in [0.15, 0.2) is 5.69 Å². The summed E-state index contributed by atoms with van der Waals surface area (Å²) < 4.78 is 6.97. The van der Waals surface area contributed by atoms with Crippen molar-refractivity contribution in [2.24, 2.45) is 0 Å². The molecule has 0 radical (unpaired) electrons. The van der Waals surface area contributed by atoms with Gasteiger partial charge in [-0.1, -0.05) is 17.3 Å². The number of hydrogen-bond donors (Lipinski definition) is 1. The number of ether oxygens (including phenoxy) is 1. The Morgan fingerprint density at radius 1 is 1.32 bits per heavy atom. The van der Waals surface area contributed by atoms with Gasteiger partial charge in [-0.2, -0.15) is 0 Å². The van der Waals surface area contributed by atoms with Crippen LogP contribution in [0.15, 0.2) is 30.5 Å². The van der Waals surface area contributed by atoms with Gasteiger partial charge >= 0.3 is 0 Å². The van der Waals surface area contributed by atoms with Crippen LogP contribution in [0.4, 0.5) is 0 Å². The third-order valence-electron chi connectivity index (χ3n) is 4.34. The lowest BCUT2D eigenvalue weighted by atomic mass is 10.1. The lowest BCUT2D eigenvalue weighted by Gasteiger charge is -2.22. The molecule has 8 heteroatoms. The molecular weight excluding hydrogens is 342 g/mol.